The van der Waals surface area contributed by atoms with Gasteiger partial charge >= 0.3 is 10.1 Å². The lowest BCUT2D eigenvalue weighted by molar-refractivity contribution is 0.318. The van der Waals surface area contributed by atoms with Crippen molar-refractivity contribution in [3.05, 3.63) is 77.3 Å². The van der Waals surface area contributed by atoms with Gasteiger partial charge in [0.05, 0.1) is 6.61 Å². The maximum absolute atomic E-state index is 12.9. The summed E-state index contributed by atoms with van der Waals surface area (Å²) in [7, 11) is -4.00. The van der Waals surface area contributed by atoms with Crippen molar-refractivity contribution in [1.82, 2.24) is 0 Å². The SMILES string of the molecule is O=S(=O)(Oc1ccccc1)c1cc(Br)ccc1Sc1ccc(OCCCCl)cc1. The van der Waals surface area contributed by atoms with E-state index in [1.165, 1.54) is 11.8 Å². The first-order valence-corrected chi connectivity index (χ1v) is 12.3. The van der Waals surface area contributed by atoms with E-state index in [4.69, 9.17) is 20.5 Å². The molecule has 0 heterocycles. The molecule has 0 aromatic heterocycles. The van der Waals surface area contributed by atoms with Crippen molar-refractivity contribution in [1.29, 1.82) is 0 Å². The van der Waals surface area contributed by atoms with Gasteiger partial charge in [0.2, 0.25) is 0 Å². The molecule has 3 aromatic rings. The number of hydrogen-bond donors (Lipinski definition) is 0. The van der Waals surface area contributed by atoms with Crippen LogP contribution in [-0.2, 0) is 10.1 Å². The van der Waals surface area contributed by atoms with Crippen molar-refractivity contribution < 1.29 is 17.3 Å². The predicted octanol–water partition coefficient (Wildman–Crippen LogP) is 6.38. The Bertz CT molecular complexity index is 1040. The Balaban J connectivity index is 1.82. The average Bonchev–Trinajstić information content (AvgIpc) is 2.71. The molecule has 0 saturated heterocycles. The summed E-state index contributed by atoms with van der Waals surface area (Å²) in [5, 5.41) is 0. The lowest BCUT2D eigenvalue weighted by Gasteiger charge is -2.12. The van der Waals surface area contributed by atoms with Gasteiger partial charge in [0.25, 0.3) is 0 Å². The highest BCUT2D eigenvalue weighted by Crippen LogP contribution is 2.36. The fourth-order valence-corrected chi connectivity index (χ4v) is 5.30. The van der Waals surface area contributed by atoms with E-state index in [9.17, 15) is 8.42 Å². The van der Waals surface area contributed by atoms with Crippen molar-refractivity contribution in [2.24, 2.45) is 0 Å². The normalized spacial score (nSPS) is 11.2. The Kier molecular flexibility index (Phi) is 7.89. The van der Waals surface area contributed by atoms with Crippen LogP contribution in [0.5, 0.6) is 11.5 Å². The van der Waals surface area contributed by atoms with E-state index in [2.05, 4.69) is 15.9 Å². The first kappa shape index (κ1) is 22.0. The van der Waals surface area contributed by atoms with Crippen molar-refractivity contribution >= 4 is 49.4 Å². The number of halogens is 2. The quantitative estimate of drug-likeness (QED) is 0.189. The van der Waals surface area contributed by atoms with E-state index in [1.54, 1.807) is 48.5 Å². The minimum absolute atomic E-state index is 0.100. The van der Waals surface area contributed by atoms with Crippen LogP contribution in [0.1, 0.15) is 6.42 Å². The number of hydrogen-bond acceptors (Lipinski definition) is 5. The Morgan fingerprint density at radius 2 is 1.66 bits per heavy atom. The number of rotatable bonds is 9. The molecule has 0 aliphatic carbocycles. The molecule has 3 aromatic carbocycles. The Labute approximate surface area is 188 Å². The second-order valence-electron chi connectivity index (χ2n) is 5.91. The monoisotopic (exact) mass is 512 g/mol. The molecule has 8 heteroatoms. The summed E-state index contributed by atoms with van der Waals surface area (Å²) in [6.07, 6.45) is 0.777. The maximum Gasteiger partial charge on any atom is 0.340 e. The molecule has 0 spiro atoms. The number of benzene rings is 3. The predicted molar refractivity (Wildman–Crippen MR) is 120 cm³/mol. The van der Waals surface area contributed by atoms with E-state index in [0.717, 1.165) is 17.1 Å². The summed E-state index contributed by atoms with van der Waals surface area (Å²) in [4.78, 5) is 1.55. The van der Waals surface area contributed by atoms with Crippen LogP contribution in [0.2, 0.25) is 0 Å². The first-order valence-electron chi connectivity index (χ1n) is 8.74. The molecule has 0 fully saturated rings. The van der Waals surface area contributed by atoms with Gasteiger partial charge in [-0.2, -0.15) is 8.42 Å². The third-order valence-corrected chi connectivity index (χ3v) is 6.98. The van der Waals surface area contributed by atoms with Crippen LogP contribution in [-0.4, -0.2) is 20.9 Å². The van der Waals surface area contributed by atoms with Crippen LogP contribution in [0, 0.1) is 0 Å². The first-order chi connectivity index (χ1) is 14.0. The van der Waals surface area contributed by atoms with E-state index in [-0.39, 0.29) is 10.6 Å². The highest BCUT2D eigenvalue weighted by molar-refractivity contribution is 9.10. The van der Waals surface area contributed by atoms with Crippen LogP contribution in [0.25, 0.3) is 0 Å². The van der Waals surface area contributed by atoms with E-state index >= 15 is 0 Å². The second-order valence-corrected chi connectivity index (χ2v) is 9.83. The smallest absolute Gasteiger partial charge is 0.340 e. The summed E-state index contributed by atoms with van der Waals surface area (Å²) in [6.45, 7) is 0.557. The van der Waals surface area contributed by atoms with Gasteiger partial charge in [-0.15, -0.1) is 11.6 Å². The molecule has 4 nitrogen and oxygen atoms in total. The molecule has 0 unspecified atom stereocenters. The van der Waals surface area contributed by atoms with E-state index < -0.39 is 10.1 Å². The third-order valence-electron chi connectivity index (χ3n) is 3.72. The van der Waals surface area contributed by atoms with Crippen LogP contribution in [0.15, 0.2) is 92.0 Å². The fraction of sp³-hybridized carbons (Fsp3) is 0.143. The number of ether oxygens (including phenoxy) is 1. The molecule has 0 saturated carbocycles. The van der Waals surface area contributed by atoms with Gasteiger partial charge in [-0.25, -0.2) is 0 Å². The zero-order valence-corrected chi connectivity index (χ0v) is 19.2. The van der Waals surface area contributed by atoms with Gasteiger partial charge in [0, 0.05) is 20.1 Å². The average molecular weight is 514 g/mol. The van der Waals surface area contributed by atoms with Crippen molar-refractivity contribution in [2.75, 3.05) is 12.5 Å². The molecule has 0 radical (unpaired) electrons. The minimum Gasteiger partial charge on any atom is -0.494 e. The molecule has 0 amide bonds. The lowest BCUT2D eigenvalue weighted by Crippen LogP contribution is -2.11. The lowest BCUT2D eigenvalue weighted by atomic mass is 10.3. The molecule has 0 aliphatic rings. The largest absolute Gasteiger partial charge is 0.494 e. The summed E-state index contributed by atoms with van der Waals surface area (Å²) in [5.74, 6) is 1.57. The van der Waals surface area contributed by atoms with Gasteiger partial charge in [-0.3, -0.25) is 0 Å². The standard InChI is InChI=1S/C21H18BrClO4S2/c22-16-7-12-20(28-19-10-8-17(9-11-19)26-14-4-13-23)21(15-16)29(24,25)27-18-5-2-1-3-6-18/h1-3,5-12,15H,4,13-14H2. The van der Waals surface area contributed by atoms with E-state index in [0.29, 0.717) is 21.9 Å². The zero-order valence-electron chi connectivity index (χ0n) is 15.3. The zero-order chi connectivity index (χ0) is 20.7. The van der Waals surface area contributed by atoms with Crippen molar-refractivity contribution in [3.63, 3.8) is 0 Å². The molecule has 0 aliphatic heterocycles. The molecule has 0 N–H and O–H groups in total. The topological polar surface area (TPSA) is 52.6 Å². The van der Waals surface area contributed by atoms with Gasteiger partial charge in [-0.05, 0) is 61.0 Å². The third kappa shape index (κ3) is 6.40. The van der Waals surface area contributed by atoms with Gasteiger partial charge < -0.3 is 8.92 Å². The van der Waals surface area contributed by atoms with Crippen LogP contribution < -0.4 is 8.92 Å². The molecule has 29 heavy (non-hydrogen) atoms. The second kappa shape index (κ2) is 10.4. The number of alkyl halides is 1. The van der Waals surface area contributed by atoms with Gasteiger partial charge in [-0.1, -0.05) is 45.9 Å². The Morgan fingerprint density at radius 3 is 2.34 bits per heavy atom. The van der Waals surface area contributed by atoms with Crippen LogP contribution in [0.3, 0.4) is 0 Å². The number of para-hydroxylation sites is 1. The van der Waals surface area contributed by atoms with Gasteiger partial charge in [0.1, 0.15) is 16.4 Å². The van der Waals surface area contributed by atoms with Crippen LogP contribution in [0.4, 0.5) is 0 Å². The van der Waals surface area contributed by atoms with Crippen LogP contribution >= 0.6 is 39.3 Å². The molecular formula is C21H18BrClO4S2. The summed E-state index contributed by atoms with van der Waals surface area (Å²) < 4.78 is 37.3. The minimum atomic E-state index is -4.00. The Hall–Kier alpha value is -1.67. The van der Waals surface area contributed by atoms with Gasteiger partial charge in [0.15, 0.2) is 0 Å². The summed E-state index contributed by atoms with van der Waals surface area (Å²) in [6, 6.07) is 21.0. The molecular weight excluding hydrogens is 496 g/mol. The molecule has 0 atom stereocenters. The highest BCUT2D eigenvalue weighted by Gasteiger charge is 2.22. The van der Waals surface area contributed by atoms with Crippen molar-refractivity contribution in [2.45, 2.75) is 21.1 Å². The van der Waals surface area contributed by atoms with Crippen molar-refractivity contribution in [3.8, 4) is 11.5 Å². The molecule has 0 bridgehead atoms. The summed E-state index contributed by atoms with van der Waals surface area (Å²) in [5.41, 5.74) is 0. The summed E-state index contributed by atoms with van der Waals surface area (Å²) >= 11 is 10.3. The Morgan fingerprint density at radius 1 is 0.931 bits per heavy atom. The highest BCUT2D eigenvalue weighted by atomic mass is 79.9. The molecule has 3 rings (SSSR count). The maximum atomic E-state index is 12.9. The van der Waals surface area contributed by atoms with E-state index in [1.807, 2.05) is 24.3 Å². The fourth-order valence-electron chi connectivity index (χ4n) is 2.38. The molecule has 152 valence electrons.